The van der Waals surface area contributed by atoms with E-state index in [4.69, 9.17) is 11.6 Å². The average Bonchev–Trinajstić information content (AvgIpc) is 2.85. The molecule has 0 radical (unpaired) electrons. The predicted molar refractivity (Wildman–Crippen MR) is 143 cm³/mol. The summed E-state index contributed by atoms with van der Waals surface area (Å²) in [5, 5.41) is 9.66. The fraction of sp³-hybridized carbons (Fsp3) is 0.444. The van der Waals surface area contributed by atoms with Crippen molar-refractivity contribution in [2.45, 2.75) is 39.2 Å². The zero-order valence-corrected chi connectivity index (χ0v) is 22.4. The summed E-state index contributed by atoms with van der Waals surface area (Å²) in [6, 6.07) is -0.346. The fourth-order valence-electron chi connectivity index (χ4n) is 4.21. The van der Waals surface area contributed by atoms with Crippen molar-refractivity contribution in [2.75, 3.05) is 39.8 Å². The van der Waals surface area contributed by atoms with Gasteiger partial charge in [0.05, 0.1) is 19.1 Å². The molecule has 0 saturated carbocycles. The molecule has 1 aliphatic carbocycles. The Morgan fingerprint density at radius 2 is 1.95 bits per heavy atom. The lowest BCUT2D eigenvalue weighted by Gasteiger charge is -2.34. The van der Waals surface area contributed by atoms with Crippen LogP contribution in [-0.2, 0) is 9.59 Å². The van der Waals surface area contributed by atoms with Crippen LogP contribution in [0.2, 0.25) is 0 Å². The average molecular weight is 534 g/mol. The van der Waals surface area contributed by atoms with E-state index >= 15 is 0 Å². The van der Waals surface area contributed by atoms with Gasteiger partial charge in [-0.15, -0.1) is 0 Å². The first kappa shape index (κ1) is 28.4. The Balaban J connectivity index is 0.00000186. The number of allylic oxidation sites excluding steroid dienone is 5. The summed E-state index contributed by atoms with van der Waals surface area (Å²) < 4.78 is 28.4. The number of alkyl halides is 2. The standard InChI is InChI=1S/C25H28ClF2N5O2.C2H6/c1-25(27,28)19-10-17(13-31(2)15-19)18-11-22(24(35)32-9-8-29-23(34)16-32)30-33(14-18)21-7-5-3-4-6-20(26)12-21;1-2/h3-5,7,10-13,21H,6,8-9,14-16H2,1-2H3,(H,29,34);1-2H3/b4-3-,7-5?,20-12+;. The van der Waals surface area contributed by atoms with Crippen LogP contribution in [0.4, 0.5) is 8.78 Å². The summed E-state index contributed by atoms with van der Waals surface area (Å²) in [5.74, 6) is -3.59. The van der Waals surface area contributed by atoms with Gasteiger partial charge in [0, 0.05) is 56.8 Å². The van der Waals surface area contributed by atoms with Gasteiger partial charge >= 0.3 is 0 Å². The third-order valence-corrected chi connectivity index (χ3v) is 6.31. The number of halogens is 3. The number of carbonyl (C=O) groups excluding carboxylic acids is 2. The molecule has 0 aromatic heterocycles. The number of hydrazone groups is 1. The van der Waals surface area contributed by atoms with E-state index in [1.807, 2.05) is 44.2 Å². The molecule has 2 amide bonds. The van der Waals surface area contributed by atoms with Crippen molar-refractivity contribution >= 4 is 29.1 Å². The first-order valence-electron chi connectivity index (χ1n) is 12.4. The maximum atomic E-state index is 14.2. The second-order valence-corrected chi connectivity index (χ2v) is 9.49. The van der Waals surface area contributed by atoms with Gasteiger partial charge in [0.25, 0.3) is 11.8 Å². The Hall–Kier alpha value is -3.20. The molecule has 4 rings (SSSR count). The molecule has 3 aliphatic heterocycles. The van der Waals surface area contributed by atoms with Crippen molar-refractivity contribution in [1.82, 2.24) is 20.1 Å². The molecule has 1 atom stereocenters. The van der Waals surface area contributed by atoms with E-state index in [0.717, 1.165) is 6.92 Å². The summed E-state index contributed by atoms with van der Waals surface area (Å²) in [6.07, 6.45) is 15.0. The lowest BCUT2D eigenvalue weighted by Crippen LogP contribution is -2.52. The van der Waals surface area contributed by atoms with E-state index in [-0.39, 0.29) is 48.8 Å². The summed E-state index contributed by atoms with van der Waals surface area (Å²) in [6.45, 7) is 5.96. The van der Waals surface area contributed by atoms with Crippen molar-refractivity contribution in [3.8, 4) is 0 Å². The molecule has 0 aromatic carbocycles. The van der Waals surface area contributed by atoms with E-state index in [1.165, 1.54) is 11.0 Å². The van der Waals surface area contributed by atoms with Crippen LogP contribution in [0.3, 0.4) is 0 Å². The Morgan fingerprint density at radius 3 is 2.65 bits per heavy atom. The summed E-state index contributed by atoms with van der Waals surface area (Å²) in [7, 11) is 1.73. The van der Waals surface area contributed by atoms with E-state index in [0.29, 0.717) is 35.7 Å². The van der Waals surface area contributed by atoms with Gasteiger partial charge in [-0.3, -0.25) is 14.6 Å². The molecule has 200 valence electrons. The van der Waals surface area contributed by atoms with Gasteiger partial charge in [-0.05, 0) is 29.4 Å². The number of amides is 2. The van der Waals surface area contributed by atoms with Gasteiger partial charge in [0.15, 0.2) is 0 Å². The summed E-state index contributed by atoms with van der Waals surface area (Å²) >= 11 is 6.37. The van der Waals surface area contributed by atoms with Crippen LogP contribution in [-0.4, -0.2) is 84.1 Å². The number of likely N-dealkylation sites (N-methyl/N-ethyl adjacent to an activating group) is 1. The van der Waals surface area contributed by atoms with Gasteiger partial charge < -0.3 is 15.1 Å². The highest BCUT2D eigenvalue weighted by atomic mass is 35.5. The smallest absolute Gasteiger partial charge is 0.274 e. The van der Waals surface area contributed by atoms with Crippen molar-refractivity contribution in [3.63, 3.8) is 0 Å². The van der Waals surface area contributed by atoms with E-state index < -0.39 is 5.92 Å². The van der Waals surface area contributed by atoms with Gasteiger partial charge in [0.1, 0.15) is 5.71 Å². The van der Waals surface area contributed by atoms with E-state index in [9.17, 15) is 18.4 Å². The predicted octanol–water partition coefficient (Wildman–Crippen LogP) is 3.99. The van der Waals surface area contributed by atoms with Gasteiger partial charge in [0.2, 0.25) is 5.91 Å². The van der Waals surface area contributed by atoms with Crippen molar-refractivity contribution in [3.05, 3.63) is 70.5 Å². The molecule has 1 saturated heterocycles. The number of hydrogen-bond acceptors (Lipinski definition) is 5. The second-order valence-electron chi connectivity index (χ2n) is 9.01. The highest BCUT2D eigenvalue weighted by Crippen LogP contribution is 2.32. The highest BCUT2D eigenvalue weighted by Gasteiger charge is 2.33. The van der Waals surface area contributed by atoms with Gasteiger partial charge in [-0.25, -0.2) is 8.78 Å². The molecule has 4 aliphatic rings. The highest BCUT2D eigenvalue weighted by molar-refractivity contribution is 6.43. The number of nitrogens with one attached hydrogen (secondary N) is 1. The molecular weight excluding hydrogens is 500 g/mol. The lowest BCUT2D eigenvalue weighted by molar-refractivity contribution is -0.133. The molecule has 0 aromatic rings. The molecule has 1 unspecified atom stereocenters. The van der Waals surface area contributed by atoms with E-state index in [1.54, 1.807) is 29.2 Å². The monoisotopic (exact) mass is 533 g/mol. The largest absolute Gasteiger partial charge is 0.376 e. The third kappa shape index (κ3) is 7.41. The van der Waals surface area contributed by atoms with Crippen molar-refractivity contribution < 1.29 is 18.4 Å². The summed E-state index contributed by atoms with van der Waals surface area (Å²) in [5.41, 5.74) is 1.39. The topological polar surface area (TPSA) is 68.2 Å². The molecule has 7 nitrogen and oxygen atoms in total. The Kier molecular flexibility index (Phi) is 9.48. The van der Waals surface area contributed by atoms with Crippen LogP contribution < -0.4 is 5.32 Å². The number of rotatable bonds is 4. The maximum Gasteiger partial charge on any atom is 0.274 e. The van der Waals surface area contributed by atoms with Crippen LogP contribution in [0.15, 0.2) is 75.6 Å². The van der Waals surface area contributed by atoms with Gasteiger partial charge in [-0.1, -0.05) is 49.8 Å². The minimum Gasteiger partial charge on any atom is -0.376 e. The minimum absolute atomic E-state index is 0.00744. The molecule has 0 bridgehead atoms. The molecule has 10 heteroatoms. The second kappa shape index (κ2) is 12.4. The number of hydrogen-bond donors (Lipinski definition) is 1. The lowest BCUT2D eigenvalue weighted by atomic mass is 9.95. The number of nitrogens with zero attached hydrogens (tertiary/aromatic N) is 4. The maximum absolute atomic E-state index is 14.2. The Morgan fingerprint density at radius 1 is 1.19 bits per heavy atom. The first-order valence-corrected chi connectivity index (χ1v) is 12.8. The minimum atomic E-state index is -2.97. The zero-order chi connectivity index (χ0) is 27.2. The third-order valence-electron chi connectivity index (χ3n) is 6.03. The molecular formula is C27H34ClF2N5O2. The van der Waals surface area contributed by atoms with Crippen LogP contribution >= 0.6 is 11.6 Å². The molecule has 1 fully saturated rings. The quantitative estimate of drug-likeness (QED) is 0.593. The zero-order valence-electron chi connectivity index (χ0n) is 21.7. The summed E-state index contributed by atoms with van der Waals surface area (Å²) in [4.78, 5) is 28.3. The van der Waals surface area contributed by atoms with Crippen molar-refractivity contribution in [2.24, 2.45) is 5.10 Å². The molecule has 1 N–H and O–H groups in total. The first-order chi connectivity index (χ1) is 17.6. The van der Waals surface area contributed by atoms with Crippen LogP contribution in [0, 0.1) is 0 Å². The molecule has 3 heterocycles. The fourth-order valence-corrected chi connectivity index (χ4v) is 4.43. The number of carbonyl (C=O) groups is 2. The Labute approximate surface area is 222 Å². The number of piperazine rings is 1. The van der Waals surface area contributed by atoms with Crippen LogP contribution in [0.5, 0.6) is 0 Å². The normalized spacial score (nSPS) is 24.6. The molecule has 37 heavy (non-hydrogen) atoms. The van der Waals surface area contributed by atoms with E-state index in [2.05, 4.69) is 10.4 Å². The Bertz CT molecular complexity index is 1110. The van der Waals surface area contributed by atoms with Crippen LogP contribution in [0.25, 0.3) is 0 Å². The van der Waals surface area contributed by atoms with Crippen molar-refractivity contribution in [1.29, 1.82) is 0 Å². The molecule has 0 spiro atoms. The van der Waals surface area contributed by atoms with Gasteiger partial charge in [-0.2, -0.15) is 5.10 Å². The SMILES string of the molecule is CC.CN1C=C(C2=CC(C(=O)N3CCNC(=O)C3)=NN(C3C=C/C=C\C/C(Cl)=C\3)C2)C=C(C(C)(F)F)C1. The van der Waals surface area contributed by atoms with Crippen LogP contribution in [0.1, 0.15) is 27.2 Å².